The van der Waals surface area contributed by atoms with Gasteiger partial charge in [-0.05, 0) is 24.6 Å². The maximum absolute atomic E-state index is 12.1. The summed E-state index contributed by atoms with van der Waals surface area (Å²) in [5.41, 5.74) is 3.82. The van der Waals surface area contributed by atoms with Crippen LogP contribution in [0.3, 0.4) is 0 Å². The number of hydrogen-bond donors (Lipinski definition) is 1. The highest BCUT2D eigenvalue weighted by Crippen LogP contribution is 2.12. The molecule has 2 aromatic carbocycles. The Morgan fingerprint density at radius 3 is 2.73 bits per heavy atom. The number of aryl methyl sites for hydroxylation is 1. The molecule has 110 valence electrons. The lowest BCUT2D eigenvalue weighted by atomic mass is 10.1. The number of hydrogen-bond acceptors (Lipinski definition) is 2. The van der Waals surface area contributed by atoms with Crippen molar-refractivity contribution in [3.63, 3.8) is 0 Å². The number of carbonyl (C=O) groups excluding carboxylic acids is 1. The summed E-state index contributed by atoms with van der Waals surface area (Å²) < 4.78 is 1.74. The lowest BCUT2D eigenvalue weighted by molar-refractivity contribution is -0.115. The first kappa shape index (κ1) is 14.1. The van der Waals surface area contributed by atoms with Crippen LogP contribution in [0.4, 0.5) is 5.69 Å². The fourth-order valence-corrected chi connectivity index (χ4v) is 2.32. The molecule has 0 bridgehead atoms. The number of para-hydroxylation sites is 1. The number of rotatable bonds is 4. The van der Waals surface area contributed by atoms with E-state index in [2.05, 4.69) is 10.4 Å². The summed E-state index contributed by atoms with van der Waals surface area (Å²) in [6.45, 7) is 2.02. The maximum atomic E-state index is 12.1. The minimum Gasteiger partial charge on any atom is -0.323 e. The molecule has 0 saturated heterocycles. The van der Waals surface area contributed by atoms with Gasteiger partial charge in [0, 0.05) is 0 Å². The van der Waals surface area contributed by atoms with Crippen molar-refractivity contribution in [3.8, 4) is 5.69 Å². The topological polar surface area (TPSA) is 46.9 Å². The van der Waals surface area contributed by atoms with Crippen LogP contribution in [0, 0.1) is 6.92 Å². The summed E-state index contributed by atoms with van der Waals surface area (Å²) in [6, 6.07) is 17.7. The molecule has 0 aliphatic heterocycles. The van der Waals surface area contributed by atoms with Gasteiger partial charge in [-0.25, -0.2) is 4.68 Å². The van der Waals surface area contributed by atoms with E-state index in [4.69, 9.17) is 0 Å². The molecule has 3 aromatic rings. The molecule has 4 nitrogen and oxygen atoms in total. The van der Waals surface area contributed by atoms with E-state index < -0.39 is 0 Å². The molecule has 3 rings (SSSR count). The number of aromatic nitrogens is 2. The van der Waals surface area contributed by atoms with Gasteiger partial charge >= 0.3 is 0 Å². The molecule has 1 aromatic heterocycles. The zero-order valence-electron chi connectivity index (χ0n) is 12.4. The maximum Gasteiger partial charge on any atom is 0.228 e. The molecule has 0 saturated carbocycles. The Balaban J connectivity index is 1.66. The number of carbonyl (C=O) groups is 1. The zero-order valence-corrected chi connectivity index (χ0v) is 12.4. The Labute approximate surface area is 129 Å². The Kier molecular flexibility index (Phi) is 4.01. The second kappa shape index (κ2) is 6.26. The van der Waals surface area contributed by atoms with Gasteiger partial charge in [0.25, 0.3) is 0 Å². The molecule has 0 atom stereocenters. The van der Waals surface area contributed by atoms with Crippen LogP contribution in [-0.2, 0) is 11.2 Å². The van der Waals surface area contributed by atoms with E-state index in [1.807, 2.05) is 67.7 Å². The predicted molar refractivity (Wildman–Crippen MR) is 87.1 cm³/mol. The zero-order chi connectivity index (χ0) is 15.4. The van der Waals surface area contributed by atoms with Crippen molar-refractivity contribution in [2.45, 2.75) is 13.3 Å². The predicted octanol–water partition coefficient (Wildman–Crippen LogP) is 3.36. The van der Waals surface area contributed by atoms with E-state index in [0.29, 0.717) is 12.1 Å². The first-order valence-corrected chi connectivity index (χ1v) is 7.16. The summed E-state index contributed by atoms with van der Waals surface area (Å²) >= 11 is 0. The second-order valence-corrected chi connectivity index (χ2v) is 5.22. The number of nitrogens with zero attached hydrogens (tertiary/aromatic N) is 2. The smallest absolute Gasteiger partial charge is 0.228 e. The van der Waals surface area contributed by atoms with Crippen LogP contribution in [-0.4, -0.2) is 15.7 Å². The molecule has 0 radical (unpaired) electrons. The Hall–Kier alpha value is -2.88. The first-order valence-electron chi connectivity index (χ1n) is 7.16. The fourth-order valence-electron chi connectivity index (χ4n) is 2.32. The number of nitrogens with one attached hydrogen (secondary N) is 1. The van der Waals surface area contributed by atoms with Crippen molar-refractivity contribution in [1.82, 2.24) is 9.78 Å². The van der Waals surface area contributed by atoms with Gasteiger partial charge < -0.3 is 5.32 Å². The molecule has 0 spiro atoms. The highest BCUT2D eigenvalue weighted by Gasteiger charge is 2.06. The summed E-state index contributed by atoms with van der Waals surface area (Å²) in [5, 5.41) is 7.14. The standard InChI is InChI=1S/C18H17N3O/c1-14-6-5-7-15(10-14)11-18(22)20-16-12-19-21(13-16)17-8-3-2-4-9-17/h2-10,12-13H,11H2,1H3,(H,20,22). The third kappa shape index (κ3) is 3.41. The summed E-state index contributed by atoms with van der Waals surface area (Å²) in [6.07, 6.45) is 3.82. The van der Waals surface area contributed by atoms with Crippen LogP contribution in [0.15, 0.2) is 67.0 Å². The molecule has 0 fully saturated rings. The lowest BCUT2D eigenvalue weighted by Crippen LogP contribution is -2.14. The average molecular weight is 291 g/mol. The van der Waals surface area contributed by atoms with Gasteiger partial charge in [-0.1, -0.05) is 48.0 Å². The van der Waals surface area contributed by atoms with Crippen LogP contribution in [0.25, 0.3) is 5.69 Å². The molecule has 22 heavy (non-hydrogen) atoms. The molecule has 1 N–H and O–H groups in total. The van der Waals surface area contributed by atoms with Crippen LogP contribution < -0.4 is 5.32 Å². The quantitative estimate of drug-likeness (QED) is 0.801. The Morgan fingerprint density at radius 1 is 1.14 bits per heavy atom. The van der Waals surface area contributed by atoms with Crippen molar-refractivity contribution in [2.24, 2.45) is 0 Å². The van der Waals surface area contributed by atoms with Gasteiger partial charge in [-0.3, -0.25) is 4.79 Å². The van der Waals surface area contributed by atoms with E-state index in [0.717, 1.165) is 16.8 Å². The third-order valence-corrected chi connectivity index (χ3v) is 3.33. The van der Waals surface area contributed by atoms with E-state index >= 15 is 0 Å². The van der Waals surface area contributed by atoms with Crippen molar-refractivity contribution < 1.29 is 4.79 Å². The molecule has 4 heteroatoms. The van der Waals surface area contributed by atoms with E-state index in [1.54, 1.807) is 10.9 Å². The van der Waals surface area contributed by atoms with Crippen LogP contribution in [0.2, 0.25) is 0 Å². The van der Waals surface area contributed by atoms with Gasteiger partial charge in [0.1, 0.15) is 0 Å². The lowest BCUT2D eigenvalue weighted by Gasteiger charge is -2.04. The van der Waals surface area contributed by atoms with Gasteiger partial charge in [-0.15, -0.1) is 0 Å². The molecule has 1 heterocycles. The fraction of sp³-hybridized carbons (Fsp3) is 0.111. The van der Waals surface area contributed by atoms with E-state index in [9.17, 15) is 4.79 Å². The normalized spacial score (nSPS) is 10.4. The number of benzene rings is 2. The molecule has 0 unspecified atom stereocenters. The summed E-state index contributed by atoms with van der Waals surface area (Å²) in [5.74, 6) is -0.0433. The number of anilines is 1. The van der Waals surface area contributed by atoms with Gasteiger partial charge in [0.15, 0.2) is 0 Å². The minimum absolute atomic E-state index is 0.0433. The van der Waals surface area contributed by atoms with Gasteiger partial charge in [0.2, 0.25) is 5.91 Å². The summed E-state index contributed by atoms with van der Waals surface area (Å²) in [4.78, 5) is 12.1. The Morgan fingerprint density at radius 2 is 1.95 bits per heavy atom. The SMILES string of the molecule is Cc1cccc(CC(=O)Nc2cnn(-c3ccccc3)c2)c1. The van der Waals surface area contributed by atoms with Crippen molar-refractivity contribution in [3.05, 3.63) is 78.1 Å². The van der Waals surface area contributed by atoms with Crippen LogP contribution in [0.1, 0.15) is 11.1 Å². The third-order valence-electron chi connectivity index (χ3n) is 3.33. The van der Waals surface area contributed by atoms with Crippen molar-refractivity contribution >= 4 is 11.6 Å². The molecular weight excluding hydrogens is 274 g/mol. The molecule has 0 aliphatic rings. The van der Waals surface area contributed by atoms with Crippen LogP contribution >= 0.6 is 0 Å². The Bertz CT molecular complexity index is 778. The van der Waals surface area contributed by atoms with Crippen molar-refractivity contribution in [1.29, 1.82) is 0 Å². The monoisotopic (exact) mass is 291 g/mol. The highest BCUT2D eigenvalue weighted by molar-refractivity contribution is 5.92. The van der Waals surface area contributed by atoms with Crippen molar-refractivity contribution in [2.75, 3.05) is 5.32 Å². The first-order chi connectivity index (χ1) is 10.7. The second-order valence-electron chi connectivity index (χ2n) is 5.22. The van der Waals surface area contributed by atoms with Gasteiger partial charge in [0.05, 0.1) is 30.2 Å². The molecule has 1 amide bonds. The minimum atomic E-state index is -0.0433. The number of amides is 1. The summed E-state index contributed by atoms with van der Waals surface area (Å²) in [7, 11) is 0. The molecule has 0 aliphatic carbocycles. The van der Waals surface area contributed by atoms with Gasteiger partial charge in [-0.2, -0.15) is 5.10 Å². The van der Waals surface area contributed by atoms with Crippen LogP contribution in [0.5, 0.6) is 0 Å². The molecular formula is C18H17N3O. The largest absolute Gasteiger partial charge is 0.323 e. The average Bonchev–Trinajstić information content (AvgIpc) is 2.96. The highest BCUT2D eigenvalue weighted by atomic mass is 16.1. The van der Waals surface area contributed by atoms with E-state index in [1.165, 1.54) is 0 Å². The van der Waals surface area contributed by atoms with E-state index in [-0.39, 0.29) is 5.91 Å².